The molecule has 1 aromatic heterocycles. The highest BCUT2D eigenvalue weighted by molar-refractivity contribution is 8.76. The van der Waals surface area contributed by atoms with E-state index >= 15 is 0 Å². The second kappa shape index (κ2) is 7.18. The predicted molar refractivity (Wildman–Crippen MR) is 73.4 cm³/mol. The van der Waals surface area contributed by atoms with Crippen LogP contribution in [0.15, 0.2) is 29.4 Å². The molecule has 1 rings (SSSR count). The van der Waals surface area contributed by atoms with Crippen molar-refractivity contribution in [1.82, 2.24) is 4.98 Å². The molecule has 0 unspecified atom stereocenters. The molecule has 1 aromatic rings. The number of hydrogen-bond donors (Lipinski definition) is 0. The van der Waals surface area contributed by atoms with Crippen LogP contribution < -0.4 is 0 Å². The van der Waals surface area contributed by atoms with Crippen LogP contribution in [0, 0.1) is 5.41 Å². The molecule has 0 aromatic carbocycles. The fourth-order valence-corrected chi connectivity index (χ4v) is 3.14. The molecule has 1 nitrogen and oxygen atoms in total. The molecule has 0 aliphatic rings. The van der Waals surface area contributed by atoms with Crippen LogP contribution in [-0.2, 0) is 0 Å². The first-order valence-corrected chi connectivity index (χ1v) is 7.10. The number of pyridine rings is 1. The molecule has 0 radical (unpaired) electrons. The molecule has 0 bridgehead atoms. The van der Waals surface area contributed by atoms with Crippen molar-refractivity contribution < 1.29 is 0 Å². The van der Waals surface area contributed by atoms with Crippen LogP contribution in [0.2, 0.25) is 0 Å². The fraction of sp³-hybridized carbons (Fsp3) is 0.583. The number of hydrogen-bond acceptors (Lipinski definition) is 3. The van der Waals surface area contributed by atoms with Gasteiger partial charge in [-0.05, 0) is 34.8 Å². The van der Waals surface area contributed by atoms with Gasteiger partial charge in [0.25, 0.3) is 0 Å². The van der Waals surface area contributed by atoms with Gasteiger partial charge in [0.1, 0.15) is 5.03 Å². The number of rotatable bonds is 4. The molecule has 15 heavy (non-hydrogen) atoms. The van der Waals surface area contributed by atoms with Crippen LogP contribution in [-0.4, -0.2) is 10.7 Å². The Balaban J connectivity index is 0.00000196. The Hall–Kier alpha value is -0.150. The average Bonchev–Trinajstić information content (AvgIpc) is 2.13. The molecule has 0 amide bonds. The summed E-state index contributed by atoms with van der Waals surface area (Å²) in [5.74, 6) is 1.19. The van der Waals surface area contributed by atoms with Crippen LogP contribution in [0.4, 0.5) is 0 Å². The monoisotopic (exact) mass is 243 g/mol. The first-order valence-electron chi connectivity index (χ1n) is 4.78. The lowest BCUT2D eigenvalue weighted by atomic mass is 9.94. The zero-order valence-electron chi connectivity index (χ0n) is 8.99. The molecule has 0 saturated carbocycles. The molecule has 0 fully saturated rings. The van der Waals surface area contributed by atoms with E-state index in [4.69, 9.17) is 0 Å². The van der Waals surface area contributed by atoms with Crippen LogP contribution >= 0.6 is 21.6 Å². The molecule has 0 aliphatic carbocycles. The van der Waals surface area contributed by atoms with Crippen molar-refractivity contribution in [1.29, 1.82) is 0 Å². The Morgan fingerprint density at radius 3 is 2.53 bits per heavy atom. The van der Waals surface area contributed by atoms with E-state index in [2.05, 4.69) is 31.8 Å². The molecular weight excluding hydrogens is 222 g/mol. The Morgan fingerprint density at radius 1 is 1.27 bits per heavy atom. The normalized spacial score (nSPS) is 10.9. The highest BCUT2D eigenvalue weighted by Gasteiger charge is 2.09. The van der Waals surface area contributed by atoms with Gasteiger partial charge in [0.05, 0.1) is 0 Å². The lowest BCUT2D eigenvalue weighted by molar-refractivity contribution is 0.402. The highest BCUT2D eigenvalue weighted by atomic mass is 33.1. The molecule has 86 valence electrons. The molecule has 0 atom stereocenters. The van der Waals surface area contributed by atoms with E-state index in [-0.39, 0.29) is 7.43 Å². The summed E-state index contributed by atoms with van der Waals surface area (Å²) < 4.78 is 0. The summed E-state index contributed by atoms with van der Waals surface area (Å²) in [6.45, 7) is 6.83. The van der Waals surface area contributed by atoms with Gasteiger partial charge in [-0.15, -0.1) is 0 Å². The van der Waals surface area contributed by atoms with Gasteiger partial charge in [-0.1, -0.05) is 45.1 Å². The third kappa shape index (κ3) is 7.74. The van der Waals surface area contributed by atoms with Gasteiger partial charge in [0.2, 0.25) is 0 Å². The summed E-state index contributed by atoms with van der Waals surface area (Å²) in [5.41, 5.74) is 0.442. The second-order valence-electron chi connectivity index (χ2n) is 4.38. The molecule has 0 N–H and O–H groups in total. The van der Waals surface area contributed by atoms with Gasteiger partial charge in [-0.25, -0.2) is 4.98 Å². The van der Waals surface area contributed by atoms with Crippen molar-refractivity contribution in [2.45, 2.75) is 39.6 Å². The van der Waals surface area contributed by atoms with Crippen molar-refractivity contribution in [2.24, 2.45) is 5.41 Å². The number of aromatic nitrogens is 1. The minimum absolute atomic E-state index is 0. The predicted octanol–water partition coefficient (Wildman–Crippen LogP) is 4.89. The van der Waals surface area contributed by atoms with E-state index in [1.54, 1.807) is 10.8 Å². The first kappa shape index (κ1) is 14.8. The van der Waals surface area contributed by atoms with Gasteiger partial charge in [0, 0.05) is 11.9 Å². The maximum atomic E-state index is 4.25. The van der Waals surface area contributed by atoms with E-state index in [9.17, 15) is 0 Å². The molecule has 3 heteroatoms. The van der Waals surface area contributed by atoms with E-state index in [1.165, 1.54) is 12.2 Å². The Kier molecular flexibility index (Phi) is 7.11. The van der Waals surface area contributed by atoms with Crippen LogP contribution in [0.5, 0.6) is 0 Å². The summed E-state index contributed by atoms with van der Waals surface area (Å²) in [6.07, 6.45) is 3.09. The highest BCUT2D eigenvalue weighted by Crippen LogP contribution is 2.32. The van der Waals surface area contributed by atoms with Gasteiger partial charge in [-0.2, -0.15) is 0 Å². The minimum Gasteiger partial charge on any atom is -0.249 e. The summed E-state index contributed by atoms with van der Waals surface area (Å²) in [5, 5.41) is 1.10. The maximum absolute atomic E-state index is 4.25. The lowest BCUT2D eigenvalue weighted by Gasteiger charge is -2.16. The Labute approximate surface area is 102 Å². The van der Waals surface area contributed by atoms with Crippen LogP contribution in [0.3, 0.4) is 0 Å². The summed E-state index contributed by atoms with van der Waals surface area (Å²) in [7, 11) is 3.65. The van der Waals surface area contributed by atoms with Crippen LogP contribution in [0.25, 0.3) is 0 Å². The third-order valence-electron chi connectivity index (χ3n) is 1.72. The Morgan fingerprint density at radius 2 is 2.00 bits per heavy atom. The quantitative estimate of drug-likeness (QED) is 0.552. The maximum Gasteiger partial charge on any atom is 0.106 e. The van der Waals surface area contributed by atoms with Crippen molar-refractivity contribution in [3.8, 4) is 0 Å². The topological polar surface area (TPSA) is 12.9 Å². The fourth-order valence-electron chi connectivity index (χ4n) is 0.846. The van der Waals surface area contributed by atoms with E-state index in [0.29, 0.717) is 5.41 Å². The Bertz CT molecular complexity index is 254. The molecule has 0 saturated heterocycles. The SMILES string of the molecule is C.CC(C)(C)CCSSc1ccccn1. The van der Waals surface area contributed by atoms with Crippen LogP contribution in [0.1, 0.15) is 34.6 Å². The minimum atomic E-state index is 0. The number of nitrogens with zero attached hydrogens (tertiary/aromatic N) is 1. The molecular formula is C12H21NS2. The van der Waals surface area contributed by atoms with E-state index in [0.717, 1.165) is 5.03 Å². The van der Waals surface area contributed by atoms with Crippen molar-refractivity contribution in [2.75, 3.05) is 5.75 Å². The average molecular weight is 243 g/mol. The third-order valence-corrected chi connectivity index (χ3v) is 3.98. The van der Waals surface area contributed by atoms with E-state index < -0.39 is 0 Å². The standard InChI is InChI=1S/C11H17NS2.CH4/c1-11(2,3)7-9-13-14-10-6-4-5-8-12-10;/h4-6,8H,7,9H2,1-3H3;1H4. The smallest absolute Gasteiger partial charge is 0.106 e. The zero-order valence-corrected chi connectivity index (χ0v) is 10.6. The van der Waals surface area contributed by atoms with Crippen molar-refractivity contribution in [3.05, 3.63) is 24.4 Å². The molecule has 0 aliphatic heterocycles. The summed E-state index contributed by atoms with van der Waals surface area (Å²) in [6, 6.07) is 6.03. The van der Waals surface area contributed by atoms with Gasteiger partial charge in [0.15, 0.2) is 0 Å². The lowest BCUT2D eigenvalue weighted by Crippen LogP contribution is -2.05. The largest absolute Gasteiger partial charge is 0.249 e. The van der Waals surface area contributed by atoms with Gasteiger partial charge in [-0.3, -0.25) is 0 Å². The van der Waals surface area contributed by atoms with Gasteiger partial charge >= 0.3 is 0 Å². The molecule has 0 spiro atoms. The van der Waals surface area contributed by atoms with Crippen molar-refractivity contribution >= 4 is 21.6 Å². The van der Waals surface area contributed by atoms with E-state index in [1.807, 2.05) is 29.1 Å². The zero-order chi connectivity index (χ0) is 10.4. The summed E-state index contributed by atoms with van der Waals surface area (Å²) >= 11 is 0. The van der Waals surface area contributed by atoms with Gasteiger partial charge < -0.3 is 0 Å². The van der Waals surface area contributed by atoms with Crippen molar-refractivity contribution in [3.63, 3.8) is 0 Å². The first-order chi connectivity index (χ1) is 6.58. The second-order valence-corrected chi connectivity index (χ2v) is 6.82. The summed E-state index contributed by atoms with van der Waals surface area (Å²) in [4.78, 5) is 4.25. The molecule has 1 heterocycles.